The highest BCUT2D eigenvalue weighted by Gasteiger charge is 2.23. The minimum Gasteiger partial charge on any atom is -0.396 e. The van der Waals surface area contributed by atoms with Crippen molar-refractivity contribution in [2.75, 3.05) is 6.61 Å². The Morgan fingerprint density at radius 2 is 2.38 bits per heavy atom. The molecular formula is C8H10ClN3O3S. The first kappa shape index (κ1) is 13.1. The standard InChI is InChI=1S/C8H10ClN3O3S/c1-5(2-3-13)16-8-6(12(14)15)7(9)10-4-11-8/h4-5,13H,2-3H2,1H3. The maximum absolute atomic E-state index is 10.8. The van der Waals surface area contributed by atoms with E-state index in [1.165, 1.54) is 18.1 Å². The topological polar surface area (TPSA) is 89.2 Å². The number of hydrogen-bond donors (Lipinski definition) is 1. The van der Waals surface area contributed by atoms with Crippen LogP contribution in [0.5, 0.6) is 0 Å². The Balaban J connectivity index is 2.95. The highest BCUT2D eigenvalue weighted by Crippen LogP contribution is 2.34. The summed E-state index contributed by atoms with van der Waals surface area (Å²) in [4.78, 5) is 17.6. The minimum absolute atomic E-state index is 0.0228. The first-order chi connectivity index (χ1) is 7.56. The van der Waals surface area contributed by atoms with Crippen molar-refractivity contribution < 1.29 is 10.0 Å². The molecule has 0 saturated carbocycles. The van der Waals surface area contributed by atoms with Gasteiger partial charge >= 0.3 is 5.69 Å². The van der Waals surface area contributed by atoms with Gasteiger partial charge in [0.15, 0.2) is 5.03 Å². The van der Waals surface area contributed by atoms with E-state index in [9.17, 15) is 10.1 Å². The molecule has 6 nitrogen and oxygen atoms in total. The Kier molecular flexibility index (Phi) is 4.91. The number of aliphatic hydroxyl groups is 1. The van der Waals surface area contributed by atoms with Gasteiger partial charge in [0.2, 0.25) is 5.15 Å². The van der Waals surface area contributed by atoms with Crippen molar-refractivity contribution in [3.8, 4) is 0 Å². The van der Waals surface area contributed by atoms with Gasteiger partial charge in [-0.2, -0.15) is 0 Å². The molecule has 0 amide bonds. The molecule has 1 unspecified atom stereocenters. The van der Waals surface area contributed by atoms with Crippen LogP contribution in [-0.2, 0) is 0 Å². The molecule has 0 spiro atoms. The lowest BCUT2D eigenvalue weighted by Crippen LogP contribution is -2.03. The van der Waals surface area contributed by atoms with Crippen molar-refractivity contribution >= 4 is 29.1 Å². The van der Waals surface area contributed by atoms with Gasteiger partial charge in [-0.1, -0.05) is 30.3 Å². The summed E-state index contributed by atoms with van der Waals surface area (Å²) in [6.45, 7) is 1.88. The van der Waals surface area contributed by atoms with Crippen LogP contribution in [0.25, 0.3) is 0 Å². The van der Waals surface area contributed by atoms with Crippen LogP contribution in [0.3, 0.4) is 0 Å². The normalized spacial score (nSPS) is 12.4. The van der Waals surface area contributed by atoms with E-state index >= 15 is 0 Å². The zero-order valence-electron chi connectivity index (χ0n) is 8.46. The number of aromatic nitrogens is 2. The average Bonchev–Trinajstić information content (AvgIpc) is 2.17. The molecule has 16 heavy (non-hydrogen) atoms. The quantitative estimate of drug-likeness (QED) is 0.378. The van der Waals surface area contributed by atoms with Gasteiger partial charge in [0.05, 0.1) is 4.92 Å². The van der Waals surface area contributed by atoms with Gasteiger partial charge in [-0.3, -0.25) is 10.1 Å². The van der Waals surface area contributed by atoms with Gasteiger partial charge in [0.1, 0.15) is 6.33 Å². The zero-order chi connectivity index (χ0) is 12.1. The molecule has 0 radical (unpaired) electrons. The number of hydrogen-bond acceptors (Lipinski definition) is 6. The van der Waals surface area contributed by atoms with Gasteiger partial charge in [0, 0.05) is 11.9 Å². The predicted octanol–water partition coefficient (Wildman–Crippen LogP) is 1.90. The second-order valence-corrected chi connectivity index (χ2v) is 4.80. The summed E-state index contributed by atoms with van der Waals surface area (Å²) in [6, 6.07) is 0. The lowest BCUT2D eigenvalue weighted by Gasteiger charge is -2.08. The van der Waals surface area contributed by atoms with Crippen molar-refractivity contribution in [1.82, 2.24) is 9.97 Å². The summed E-state index contributed by atoms with van der Waals surface area (Å²) in [5.41, 5.74) is -0.279. The zero-order valence-corrected chi connectivity index (χ0v) is 10.0. The minimum atomic E-state index is -0.601. The van der Waals surface area contributed by atoms with Crippen molar-refractivity contribution in [2.45, 2.75) is 23.6 Å². The molecule has 1 rings (SSSR count). The molecule has 0 saturated heterocycles. The van der Waals surface area contributed by atoms with E-state index in [0.29, 0.717) is 6.42 Å². The highest BCUT2D eigenvalue weighted by molar-refractivity contribution is 8.00. The third kappa shape index (κ3) is 3.29. The van der Waals surface area contributed by atoms with Crippen LogP contribution in [0.15, 0.2) is 11.4 Å². The fraction of sp³-hybridized carbons (Fsp3) is 0.500. The summed E-state index contributed by atoms with van der Waals surface area (Å²) < 4.78 is 0. The second kappa shape index (κ2) is 5.97. The van der Waals surface area contributed by atoms with Crippen LogP contribution < -0.4 is 0 Å². The fourth-order valence-corrected chi connectivity index (χ4v) is 2.27. The van der Waals surface area contributed by atoms with Gasteiger partial charge in [-0.15, -0.1) is 0 Å². The third-order valence-corrected chi connectivity index (χ3v) is 3.21. The Labute approximate surface area is 101 Å². The lowest BCUT2D eigenvalue weighted by atomic mass is 10.3. The molecular weight excluding hydrogens is 254 g/mol. The van der Waals surface area contributed by atoms with Crippen molar-refractivity contribution in [1.29, 1.82) is 0 Å². The molecule has 0 fully saturated rings. The van der Waals surface area contributed by atoms with Crippen LogP contribution in [0, 0.1) is 10.1 Å². The number of aliphatic hydroxyl groups excluding tert-OH is 1. The maximum Gasteiger partial charge on any atom is 0.338 e. The Morgan fingerprint density at radius 3 is 2.94 bits per heavy atom. The molecule has 88 valence electrons. The smallest absolute Gasteiger partial charge is 0.338 e. The van der Waals surface area contributed by atoms with E-state index in [1.807, 2.05) is 6.92 Å². The van der Waals surface area contributed by atoms with Crippen molar-refractivity contribution in [2.24, 2.45) is 0 Å². The molecule has 0 aliphatic heterocycles. The van der Waals surface area contributed by atoms with Gasteiger partial charge in [-0.25, -0.2) is 9.97 Å². The first-order valence-corrected chi connectivity index (χ1v) is 5.74. The van der Waals surface area contributed by atoms with Gasteiger partial charge < -0.3 is 5.11 Å². The highest BCUT2D eigenvalue weighted by atomic mass is 35.5. The molecule has 0 aliphatic carbocycles. The number of halogens is 1. The Bertz CT molecular complexity index is 391. The lowest BCUT2D eigenvalue weighted by molar-refractivity contribution is -0.388. The van der Waals surface area contributed by atoms with Gasteiger partial charge in [-0.05, 0) is 6.42 Å². The van der Waals surface area contributed by atoms with Gasteiger partial charge in [0.25, 0.3) is 0 Å². The Hall–Kier alpha value is -0.920. The summed E-state index contributed by atoms with van der Waals surface area (Å²) in [5.74, 6) is 0. The van der Waals surface area contributed by atoms with E-state index in [1.54, 1.807) is 0 Å². The van der Waals surface area contributed by atoms with Crippen molar-refractivity contribution in [3.05, 3.63) is 21.6 Å². The van der Waals surface area contributed by atoms with Crippen LogP contribution in [0.1, 0.15) is 13.3 Å². The Morgan fingerprint density at radius 1 is 1.69 bits per heavy atom. The monoisotopic (exact) mass is 263 g/mol. The van der Waals surface area contributed by atoms with Crippen LogP contribution in [-0.4, -0.2) is 31.9 Å². The fourth-order valence-electron chi connectivity index (χ4n) is 1.01. The van der Waals surface area contributed by atoms with Crippen LogP contribution >= 0.6 is 23.4 Å². The maximum atomic E-state index is 10.8. The summed E-state index contributed by atoms with van der Waals surface area (Å²) in [6.07, 6.45) is 1.72. The molecule has 1 atom stereocenters. The molecule has 1 heterocycles. The first-order valence-electron chi connectivity index (χ1n) is 4.48. The molecule has 0 aromatic carbocycles. The molecule has 1 N–H and O–H groups in total. The average molecular weight is 264 g/mol. The number of nitrogens with zero attached hydrogens (tertiary/aromatic N) is 3. The number of nitro groups is 1. The van der Waals surface area contributed by atoms with E-state index in [0.717, 1.165) is 0 Å². The molecule has 0 bridgehead atoms. The molecule has 8 heteroatoms. The van der Waals surface area contributed by atoms with E-state index in [2.05, 4.69) is 9.97 Å². The van der Waals surface area contributed by atoms with E-state index in [4.69, 9.17) is 16.7 Å². The van der Waals surface area contributed by atoms with Crippen LogP contribution in [0.4, 0.5) is 5.69 Å². The van der Waals surface area contributed by atoms with Crippen molar-refractivity contribution in [3.63, 3.8) is 0 Å². The number of thioether (sulfide) groups is 1. The van der Waals surface area contributed by atoms with E-state index in [-0.39, 0.29) is 27.7 Å². The summed E-state index contributed by atoms with van der Waals surface area (Å²) >= 11 is 6.83. The SMILES string of the molecule is CC(CCO)Sc1ncnc(Cl)c1[N+](=O)[O-]. The predicted molar refractivity (Wildman–Crippen MR) is 60.7 cm³/mol. The second-order valence-electron chi connectivity index (χ2n) is 3.02. The van der Waals surface area contributed by atoms with E-state index < -0.39 is 4.92 Å². The summed E-state index contributed by atoms with van der Waals surface area (Å²) in [5, 5.41) is 19.6. The third-order valence-electron chi connectivity index (χ3n) is 1.78. The molecule has 1 aromatic rings. The molecule has 1 aromatic heterocycles. The number of rotatable bonds is 5. The largest absolute Gasteiger partial charge is 0.396 e. The summed E-state index contributed by atoms with van der Waals surface area (Å²) in [7, 11) is 0. The molecule has 0 aliphatic rings. The van der Waals surface area contributed by atoms with Crippen LogP contribution in [0.2, 0.25) is 5.15 Å².